The van der Waals surface area contributed by atoms with E-state index in [0.29, 0.717) is 12.1 Å². The highest BCUT2D eigenvalue weighted by Crippen LogP contribution is 2.22. The Labute approximate surface area is 91.8 Å². The fourth-order valence-electron chi connectivity index (χ4n) is 1.73. The van der Waals surface area contributed by atoms with E-state index in [-0.39, 0.29) is 18.0 Å². The zero-order valence-electron chi connectivity index (χ0n) is 10.0. The molecule has 2 N–H and O–H groups in total. The summed E-state index contributed by atoms with van der Waals surface area (Å²) < 4.78 is 5.18. The second-order valence-electron chi connectivity index (χ2n) is 4.58. The Morgan fingerprint density at radius 1 is 1.33 bits per heavy atom. The van der Waals surface area contributed by atoms with Gasteiger partial charge in [-0.25, -0.2) is 0 Å². The molecule has 4 heteroatoms. The van der Waals surface area contributed by atoms with E-state index < -0.39 is 0 Å². The number of hydrogen-bond acceptors (Lipinski definition) is 3. The van der Waals surface area contributed by atoms with Crippen molar-refractivity contribution in [2.45, 2.75) is 57.8 Å². The van der Waals surface area contributed by atoms with Crippen molar-refractivity contribution in [2.24, 2.45) is 0 Å². The minimum Gasteiger partial charge on any atom is -0.381 e. The predicted molar refractivity (Wildman–Crippen MR) is 59.7 cm³/mol. The molecule has 1 amide bonds. The maximum absolute atomic E-state index is 11.6. The Balaban J connectivity index is 2.19. The summed E-state index contributed by atoms with van der Waals surface area (Å²) in [5.41, 5.74) is 0. The smallest absolute Gasteiger partial charge is 0.237 e. The van der Waals surface area contributed by atoms with Gasteiger partial charge in [0.1, 0.15) is 0 Å². The van der Waals surface area contributed by atoms with E-state index in [0.717, 1.165) is 12.8 Å². The number of rotatable bonds is 5. The second-order valence-corrected chi connectivity index (χ2v) is 4.58. The van der Waals surface area contributed by atoms with E-state index >= 15 is 0 Å². The van der Waals surface area contributed by atoms with Gasteiger partial charge in [0.2, 0.25) is 5.91 Å². The van der Waals surface area contributed by atoms with E-state index in [4.69, 9.17) is 4.74 Å². The number of amides is 1. The van der Waals surface area contributed by atoms with Crippen molar-refractivity contribution in [3.05, 3.63) is 0 Å². The van der Waals surface area contributed by atoms with Crippen LogP contribution in [0.3, 0.4) is 0 Å². The van der Waals surface area contributed by atoms with E-state index in [1.54, 1.807) is 7.11 Å². The Morgan fingerprint density at radius 3 is 2.40 bits per heavy atom. The lowest BCUT2D eigenvalue weighted by Crippen LogP contribution is -2.53. The number of carbonyl (C=O) groups excluding carboxylic acids is 1. The van der Waals surface area contributed by atoms with Crippen LogP contribution in [0, 0.1) is 0 Å². The fourth-order valence-corrected chi connectivity index (χ4v) is 1.73. The molecule has 0 radical (unpaired) electrons. The predicted octanol–water partition coefficient (Wildman–Crippen LogP) is 0.666. The topological polar surface area (TPSA) is 50.4 Å². The van der Waals surface area contributed by atoms with Crippen molar-refractivity contribution in [2.75, 3.05) is 7.11 Å². The van der Waals surface area contributed by atoms with Gasteiger partial charge in [-0.3, -0.25) is 4.79 Å². The molecule has 0 aromatic carbocycles. The van der Waals surface area contributed by atoms with Crippen LogP contribution < -0.4 is 10.6 Å². The first-order valence-electron chi connectivity index (χ1n) is 5.62. The highest BCUT2D eigenvalue weighted by molar-refractivity contribution is 5.81. The molecule has 1 aliphatic carbocycles. The van der Waals surface area contributed by atoms with E-state index in [1.165, 1.54) is 0 Å². The fraction of sp³-hybridized carbons (Fsp3) is 0.909. The molecule has 0 heterocycles. The Kier molecular flexibility index (Phi) is 4.54. The molecular weight excluding hydrogens is 192 g/mol. The molecule has 0 saturated heterocycles. The first-order valence-corrected chi connectivity index (χ1v) is 5.62. The van der Waals surface area contributed by atoms with Gasteiger partial charge in [-0.2, -0.15) is 0 Å². The first kappa shape index (κ1) is 12.5. The van der Waals surface area contributed by atoms with Gasteiger partial charge in [0, 0.05) is 19.2 Å². The van der Waals surface area contributed by atoms with Crippen LogP contribution in [0.15, 0.2) is 0 Å². The Bertz CT molecular complexity index is 213. The molecule has 0 aliphatic heterocycles. The summed E-state index contributed by atoms with van der Waals surface area (Å²) in [6.45, 7) is 5.84. The lowest BCUT2D eigenvalue weighted by Gasteiger charge is -2.36. The molecule has 0 spiro atoms. The summed E-state index contributed by atoms with van der Waals surface area (Å²) in [6, 6.07) is 0.521. The molecule has 1 atom stereocenters. The molecular formula is C11H22N2O2. The van der Waals surface area contributed by atoms with Crippen molar-refractivity contribution in [1.82, 2.24) is 10.6 Å². The van der Waals surface area contributed by atoms with Gasteiger partial charge in [0.25, 0.3) is 0 Å². The molecule has 1 fully saturated rings. The van der Waals surface area contributed by atoms with E-state index in [9.17, 15) is 4.79 Å². The van der Waals surface area contributed by atoms with Crippen LogP contribution in [0.2, 0.25) is 0 Å². The molecule has 88 valence electrons. The van der Waals surface area contributed by atoms with Crippen LogP contribution in [-0.2, 0) is 9.53 Å². The third kappa shape index (κ3) is 3.80. The SMILES string of the molecule is COC1CC(NC(C)C(=O)NC(C)C)C1. The van der Waals surface area contributed by atoms with Gasteiger partial charge in [-0.1, -0.05) is 0 Å². The van der Waals surface area contributed by atoms with E-state index in [1.807, 2.05) is 20.8 Å². The van der Waals surface area contributed by atoms with Gasteiger partial charge in [-0.05, 0) is 33.6 Å². The van der Waals surface area contributed by atoms with Gasteiger partial charge in [0.15, 0.2) is 0 Å². The van der Waals surface area contributed by atoms with E-state index in [2.05, 4.69) is 10.6 Å². The average molecular weight is 214 g/mol. The minimum atomic E-state index is -0.116. The van der Waals surface area contributed by atoms with Crippen LogP contribution in [0.4, 0.5) is 0 Å². The molecule has 0 aromatic rings. The average Bonchev–Trinajstić information content (AvgIpc) is 2.08. The largest absolute Gasteiger partial charge is 0.381 e. The standard InChI is InChI=1S/C11H22N2O2/c1-7(2)12-11(14)8(3)13-9-5-10(6-9)15-4/h7-10,13H,5-6H2,1-4H3,(H,12,14). The van der Waals surface area contributed by atoms with Crippen LogP contribution in [0.1, 0.15) is 33.6 Å². The van der Waals surface area contributed by atoms with Gasteiger partial charge in [-0.15, -0.1) is 0 Å². The van der Waals surface area contributed by atoms with Crippen molar-refractivity contribution < 1.29 is 9.53 Å². The van der Waals surface area contributed by atoms with Crippen molar-refractivity contribution in [1.29, 1.82) is 0 Å². The molecule has 1 unspecified atom stereocenters. The van der Waals surface area contributed by atoms with Crippen LogP contribution in [-0.4, -0.2) is 37.2 Å². The zero-order chi connectivity index (χ0) is 11.4. The van der Waals surface area contributed by atoms with Crippen molar-refractivity contribution >= 4 is 5.91 Å². The summed E-state index contributed by atoms with van der Waals surface area (Å²) >= 11 is 0. The van der Waals surface area contributed by atoms with Crippen LogP contribution in [0.25, 0.3) is 0 Å². The summed E-state index contributed by atoms with van der Waals surface area (Å²) in [5.74, 6) is 0.0749. The van der Waals surface area contributed by atoms with Crippen molar-refractivity contribution in [3.8, 4) is 0 Å². The molecule has 1 rings (SSSR count). The first-order chi connectivity index (χ1) is 7.02. The molecule has 0 bridgehead atoms. The van der Waals surface area contributed by atoms with Crippen LogP contribution >= 0.6 is 0 Å². The number of hydrogen-bond donors (Lipinski definition) is 2. The summed E-state index contributed by atoms with van der Waals surface area (Å²) in [7, 11) is 1.73. The number of carbonyl (C=O) groups is 1. The molecule has 4 nitrogen and oxygen atoms in total. The van der Waals surface area contributed by atoms with Crippen molar-refractivity contribution in [3.63, 3.8) is 0 Å². The normalized spacial score (nSPS) is 27.3. The third-order valence-electron chi connectivity index (χ3n) is 2.74. The third-order valence-corrected chi connectivity index (χ3v) is 2.74. The lowest BCUT2D eigenvalue weighted by molar-refractivity contribution is -0.124. The minimum absolute atomic E-state index is 0.0749. The number of nitrogens with one attached hydrogen (secondary N) is 2. The maximum atomic E-state index is 11.6. The van der Waals surface area contributed by atoms with Crippen LogP contribution in [0.5, 0.6) is 0 Å². The summed E-state index contributed by atoms with van der Waals surface area (Å²) in [5, 5.41) is 6.18. The Hall–Kier alpha value is -0.610. The number of ether oxygens (including phenoxy) is 1. The highest BCUT2D eigenvalue weighted by Gasteiger charge is 2.30. The van der Waals surface area contributed by atoms with Gasteiger partial charge < -0.3 is 15.4 Å². The number of methoxy groups -OCH3 is 1. The zero-order valence-corrected chi connectivity index (χ0v) is 10.0. The summed E-state index contributed by atoms with van der Waals surface area (Å²) in [4.78, 5) is 11.6. The lowest BCUT2D eigenvalue weighted by atomic mass is 9.88. The second kappa shape index (κ2) is 5.47. The molecule has 1 aliphatic rings. The molecule has 1 saturated carbocycles. The summed E-state index contributed by atoms with van der Waals surface area (Å²) in [6.07, 6.45) is 2.40. The highest BCUT2D eigenvalue weighted by atomic mass is 16.5. The van der Waals surface area contributed by atoms with Gasteiger partial charge in [0.05, 0.1) is 12.1 Å². The maximum Gasteiger partial charge on any atom is 0.237 e. The van der Waals surface area contributed by atoms with Gasteiger partial charge >= 0.3 is 0 Å². The molecule has 15 heavy (non-hydrogen) atoms. The quantitative estimate of drug-likeness (QED) is 0.707. The molecule has 0 aromatic heterocycles. The monoisotopic (exact) mass is 214 g/mol. The Morgan fingerprint density at radius 2 is 1.93 bits per heavy atom.